The summed E-state index contributed by atoms with van der Waals surface area (Å²) < 4.78 is 0. The summed E-state index contributed by atoms with van der Waals surface area (Å²) in [5.74, 6) is 0. The van der Waals surface area contributed by atoms with E-state index in [1.54, 1.807) is 0 Å². The molecule has 0 spiro atoms. The number of rotatable bonds is 4. The molecule has 0 aromatic heterocycles. The average molecular weight is 178 g/mol. The van der Waals surface area contributed by atoms with Crippen LogP contribution in [0.4, 0.5) is 0 Å². The quantitative estimate of drug-likeness (QED) is 0.663. The zero-order valence-electron chi connectivity index (χ0n) is 7.42. The molecule has 0 nitrogen and oxygen atoms in total. The van der Waals surface area contributed by atoms with Crippen LogP contribution in [-0.2, 0) is 6.42 Å². The van der Waals surface area contributed by atoms with Crippen LogP contribution in [0.5, 0.6) is 0 Å². The maximum absolute atomic E-state index is 5.08. The minimum atomic E-state index is 0.411. The van der Waals surface area contributed by atoms with Gasteiger partial charge in [0.15, 0.2) is 0 Å². The van der Waals surface area contributed by atoms with Gasteiger partial charge in [0, 0.05) is 5.25 Å². The lowest BCUT2D eigenvalue weighted by atomic mass is 10.1. The van der Waals surface area contributed by atoms with E-state index < -0.39 is 0 Å². The second-order valence-electron chi connectivity index (χ2n) is 3.09. The van der Waals surface area contributed by atoms with Gasteiger partial charge in [-0.25, -0.2) is 0 Å². The zero-order chi connectivity index (χ0) is 8.81. The van der Waals surface area contributed by atoms with Crippen molar-refractivity contribution in [1.29, 1.82) is 0 Å². The van der Waals surface area contributed by atoms with Crippen molar-refractivity contribution in [2.45, 2.75) is 31.4 Å². The molecule has 1 unspecified atom stereocenters. The van der Waals surface area contributed by atoms with Gasteiger partial charge in [-0.05, 0) is 30.9 Å². The third-order valence-electron chi connectivity index (χ3n) is 1.83. The van der Waals surface area contributed by atoms with Crippen molar-refractivity contribution in [1.82, 2.24) is 0 Å². The lowest BCUT2D eigenvalue weighted by Gasteiger charge is -2.02. The largest absolute Gasteiger partial charge is 0.0907 e. The predicted molar refractivity (Wildman–Crippen MR) is 55.3 cm³/mol. The van der Waals surface area contributed by atoms with E-state index in [0.29, 0.717) is 5.25 Å². The van der Waals surface area contributed by atoms with Crippen LogP contribution < -0.4 is 0 Å². The van der Waals surface area contributed by atoms with Crippen LogP contribution in [0.1, 0.15) is 25.3 Å². The van der Waals surface area contributed by atoms with Gasteiger partial charge in [0.1, 0.15) is 0 Å². The minimum absolute atomic E-state index is 0.411. The number of benzene rings is 1. The van der Waals surface area contributed by atoms with Crippen molar-refractivity contribution in [3.8, 4) is 0 Å². The number of hydrogen-bond acceptors (Lipinski definition) is 0. The Morgan fingerprint density at radius 3 is 2.92 bits per heavy atom. The first-order chi connectivity index (χ1) is 5.79. The molecule has 0 aliphatic carbocycles. The Bertz CT molecular complexity index is 204. The fourth-order valence-electron chi connectivity index (χ4n) is 1.17. The van der Waals surface area contributed by atoms with E-state index in [4.69, 9.17) is 12.6 Å². The Kier molecular flexibility index (Phi) is 4.23. The molecule has 0 saturated heterocycles. The summed E-state index contributed by atoms with van der Waals surface area (Å²) in [5, 5.41) is 0.411. The van der Waals surface area contributed by atoms with Crippen molar-refractivity contribution >= 4 is 12.6 Å². The summed E-state index contributed by atoms with van der Waals surface area (Å²) in [4.78, 5) is 0. The number of aryl methyl sites for hydroxylation is 1. The van der Waals surface area contributed by atoms with Gasteiger partial charge in [-0.3, -0.25) is 0 Å². The number of hydrogen-bond donors (Lipinski definition) is 0. The Labute approximate surface area is 80.4 Å². The van der Waals surface area contributed by atoms with Crippen LogP contribution in [0.3, 0.4) is 0 Å². The van der Waals surface area contributed by atoms with E-state index in [-0.39, 0.29) is 0 Å². The average Bonchev–Trinajstić information content (AvgIpc) is 2.05. The molecule has 0 amide bonds. The SMILES string of the molecule is CC([S])CCCc1[c]cccc1. The van der Waals surface area contributed by atoms with Crippen molar-refractivity contribution in [2.24, 2.45) is 0 Å². The molecular weight excluding hydrogens is 164 g/mol. The van der Waals surface area contributed by atoms with Gasteiger partial charge < -0.3 is 0 Å². The topological polar surface area (TPSA) is 0 Å². The summed E-state index contributed by atoms with van der Waals surface area (Å²) in [6.07, 6.45) is 3.44. The molecule has 1 aromatic rings. The molecule has 0 aliphatic rings. The van der Waals surface area contributed by atoms with Crippen molar-refractivity contribution in [3.63, 3.8) is 0 Å². The summed E-state index contributed by atoms with van der Waals surface area (Å²) in [6.45, 7) is 2.09. The van der Waals surface area contributed by atoms with Crippen LogP contribution in [-0.4, -0.2) is 5.25 Å². The summed E-state index contributed by atoms with van der Waals surface area (Å²) in [5.41, 5.74) is 1.30. The minimum Gasteiger partial charge on any atom is -0.0907 e. The smallest absolute Gasteiger partial charge is 0.0123 e. The molecule has 0 fully saturated rings. The van der Waals surface area contributed by atoms with Crippen LogP contribution in [0.2, 0.25) is 0 Å². The van der Waals surface area contributed by atoms with Gasteiger partial charge in [-0.2, -0.15) is 0 Å². The highest BCUT2D eigenvalue weighted by atomic mass is 32.1. The first kappa shape index (κ1) is 9.66. The third-order valence-corrected chi connectivity index (χ3v) is 2.07. The molecule has 64 valence electrons. The highest BCUT2D eigenvalue weighted by molar-refractivity contribution is 7.80. The molecular formula is C11H14S. The summed E-state index contributed by atoms with van der Waals surface area (Å²) in [6, 6.07) is 11.3. The fourth-order valence-corrected chi connectivity index (χ4v) is 1.33. The molecule has 1 aromatic carbocycles. The molecule has 0 N–H and O–H groups in total. The van der Waals surface area contributed by atoms with Crippen LogP contribution in [0.25, 0.3) is 0 Å². The lowest BCUT2D eigenvalue weighted by Crippen LogP contribution is -1.92. The molecule has 0 saturated carbocycles. The Morgan fingerprint density at radius 1 is 1.50 bits per heavy atom. The van der Waals surface area contributed by atoms with E-state index in [2.05, 4.69) is 25.1 Å². The fraction of sp³-hybridized carbons (Fsp3) is 0.455. The van der Waals surface area contributed by atoms with Gasteiger partial charge in [-0.1, -0.05) is 43.8 Å². The first-order valence-corrected chi connectivity index (χ1v) is 4.87. The molecule has 0 heterocycles. The molecule has 0 bridgehead atoms. The van der Waals surface area contributed by atoms with Crippen molar-refractivity contribution in [2.75, 3.05) is 0 Å². The predicted octanol–water partition coefficient (Wildman–Crippen LogP) is 3.40. The zero-order valence-corrected chi connectivity index (χ0v) is 8.23. The Hall–Kier alpha value is -0.430. The van der Waals surface area contributed by atoms with Gasteiger partial charge in [0.2, 0.25) is 0 Å². The summed E-state index contributed by atoms with van der Waals surface area (Å²) in [7, 11) is 0. The van der Waals surface area contributed by atoms with E-state index >= 15 is 0 Å². The highest BCUT2D eigenvalue weighted by Crippen LogP contribution is 2.08. The van der Waals surface area contributed by atoms with Gasteiger partial charge in [-0.15, -0.1) is 0 Å². The standard InChI is InChI=1S/C11H14S/c1-10(12)6-5-9-11-7-3-2-4-8-11/h2-4,7,10H,5-6,9H2,1H3. The van der Waals surface area contributed by atoms with E-state index in [9.17, 15) is 0 Å². The van der Waals surface area contributed by atoms with Gasteiger partial charge in [0.25, 0.3) is 0 Å². The Morgan fingerprint density at radius 2 is 2.33 bits per heavy atom. The normalized spacial score (nSPS) is 12.8. The molecule has 1 heteroatoms. The molecule has 2 radical (unpaired) electrons. The molecule has 1 rings (SSSR count). The van der Waals surface area contributed by atoms with Gasteiger partial charge in [0.05, 0.1) is 0 Å². The van der Waals surface area contributed by atoms with E-state index in [1.807, 2.05) is 12.1 Å². The van der Waals surface area contributed by atoms with E-state index in [0.717, 1.165) is 12.8 Å². The molecule has 12 heavy (non-hydrogen) atoms. The first-order valence-electron chi connectivity index (χ1n) is 4.40. The monoisotopic (exact) mass is 178 g/mol. The van der Waals surface area contributed by atoms with Crippen molar-refractivity contribution in [3.05, 3.63) is 35.9 Å². The van der Waals surface area contributed by atoms with Crippen LogP contribution in [0.15, 0.2) is 24.3 Å². The second-order valence-corrected chi connectivity index (χ2v) is 3.90. The maximum atomic E-state index is 5.08. The summed E-state index contributed by atoms with van der Waals surface area (Å²) >= 11 is 5.08. The van der Waals surface area contributed by atoms with Crippen LogP contribution in [0, 0.1) is 6.07 Å². The third kappa shape index (κ3) is 3.82. The van der Waals surface area contributed by atoms with E-state index in [1.165, 1.54) is 12.0 Å². The molecule has 0 aliphatic heterocycles. The molecule has 1 atom stereocenters. The van der Waals surface area contributed by atoms with Crippen LogP contribution >= 0.6 is 12.6 Å². The highest BCUT2D eigenvalue weighted by Gasteiger charge is 1.96. The van der Waals surface area contributed by atoms with Crippen molar-refractivity contribution < 1.29 is 0 Å². The lowest BCUT2D eigenvalue weighted by molar-refractivity contribution is 0.732. The van der Waals surface area contributed by atoms with Gasteiger partial charge >= 0.3 is 0 Å². The maximum Gasteiger partial charge on any atom is 0.0123 e. The second kappa shape index (κ2) is 5.26. The Balaban J connectivity index is 2.25.